The topological polar surface area (TPSA) is 29.5 Å². The van der Waals surface area contributed by atoms with Gasteiger partial charge in [-0.1, -0.05) is 48.5 Å². The molecule has 17 heavy (non-hydrogen) atoms. The molecular weight excluding hydrogens is 212 g/mol. The Balaban J connectivity index is 2.07. The average Bonchev–Trinajstić information content (AvgIpc) is 2.63. The Morgan fingerprint density at radius 2 is 1.65 bits per heavy atom. The van der Waals surface area contributed by atoms with Crippen molar-refractivity contribution in [3.05, 3.63) is 65.7 Å². The highest BCUT2D eigenvalue weighted by Crippen LogP contribution is 2.48. The first-order chi connectivity index (χ1) is 8.19. The lowest BCUT2D eigenvalue weighted by molar-refractivity contribution is -0.0260. The van der Waals surface area contributed by atoms with E-state index in [0.717, 1.165) is 16.9 Å². The molecule has 1 heterocycles. The van der Waals surface area contributed by atoms with Gasteiger partial charge in [-0.15, -0.1) is 0 Å². The van der Waals surface area contributed by atoms with Crippen LogP contribution in [0.1, 0.15) is 24.2 Å². The van der Waals surface area contributed by atoms with Gasteiger partial charge in [0.2, 0.25) is 0 Å². The number of para-hydroxylation sites is 1. The lowest BCUT2D eigenvalue weighted by Crippen LogP contribution is -2.27. The molecule has 2 nitrogen and oxygen atoms in total. The number of hydrogen-bond donors (Lipinski definition) is 1. The number of rotatable bonds is 1. The molecule has 0 bridgehead atoms. The van der Waals surface area contributed by atoms with Gasteiger partial charge in [0.15, 0.2) is 6.10 Å². The van der Waals surface area contributed by atoms with Gasteiger partial charge < -0.3 is 9.84 Å². The standard InChI is InChI=1S/C15H14O2/c1-15(16)12-9-5-6-10-13(12)17-14(15)11-7-3-2-4-8-11/h2-10,14,16H,1H3/t14-,15+/m1/s1. The van der Waals surface area contributed by atoms with E-state index in [2.05, 4.69) is 0 Å². The van der Waals surface area contributed by atoms with E-state index in [0.29, 0.717) is 0 Å². The van der Waals surface area contributed by atoms with Crippen LogP contribution in [0.5, 0.6) is 5.75 Å². The van der Waals surface area contributed by atoms with E-state index in [-0.39, 0.29) is 6.10 Å². The van der Waals surface area contributed by atoms with E-state index < -0.39 is 5.60 Å². The average molecular weight is 226 g/mol. The summed E-state index contributed by atoms with van der Waals surface area (Å²) in [5.41, 5.74) is 0.875. The van der Waals surface area contributed by atoms with Crippen molar-refractivity contribution in [1.29, 1.82) is 0 Å². The molecule has 2 heteroatoms. The van der Waals surface area contributed by atoms with Gasteiger partial charge >= 0.3 is 0 Å². The second-order valence-electron chi connectivity index (χ2n) is 4.55. The Bertz CT molecular complexity index is 532. The SMILES string of the molecule is C[C@]1(O)c2ccccc2O[C@@H]1c1ccccc1. The van der Waals surface area contributed by atoms with Crippen LogP contribution in [0.2, 0.25) is 0 Å². The number of hydrogen-bond acceptors (Lipinski definition) is 2. The summed E-state index contributed by atoms with van der Waals surface area (Å²) in [6.07, 6.45) is -0.332. The highest BCUT2D eigenvalue weighted by molar-refractivity contribution is 5.44. The van der Waals surface area contributed by atoms with Gasteiger partial charge in [-0.25, -0.2) is 0 Å². The zero-order valence-corrected chi connectivity index (χ0v) is 9.63. The molecule has 1 aliphatic heterocycles. The van der Waals surface area contributed by atoms with Gasteiger partial charge in [0, 0.05) is 5.56 Å². The second-order valence-corrected chi connectivity index (χ2v) is 4.55. The maximum atomic E-state index is 10.6. The molecule has 86 valence electrons. The van der Waals surface area contributed by atoms with Crippen LogP contribution in [0.15, 0.2) is 54.6 Å². The van der Waals surface area contributed by atoms with E-state index in [1.54, 1.807) is 6.92 Å². The first-order valence-electron chi connectivity index (χ1n) is 5.73. The zero-order chi connectivity index (χ0) is 11.9. The van der Waals surface area contributed by atoms with Crippen LogP contribution in [0.25, 0.3) is 0 Å². The summed E-state index contributed by atoms with van der Waals surface area (Å²) < 4.78 is 5.86. The first kappa shape index (κ1) is 10.4. The molecule has 0 amide bonds. The summed E-state index contributed by atoms with van der Waals surface area (Å²) in [5, 5.41) is 10.6. The van der Waals surface area contributed by atoms with Gasteiger partial charge in [-0.2, -0.15) is 0 Å². The normalized spacial score (nSPS) is 26.4. The summed E-state index contributed by atoms with van der Waals surface area (Å²) in [6.45, 7) is 1.80. The molecule has 0 aliphatic carbocycles. The van der Waals surface area contributed by atoms with Crippen molar-refractivity contribution in [3.8, 4) is 5.75 Å². The predicted molar refractivity (Wildman–Crippen MR) is 65.8 cm³/mol. The summed E-state index contributed by atoms with van der Waals surface area (Å²) in [5.74, 6) is 0.770. The van der Waals surface area contributed by atoms with Crippen molar-refractivity contribution in [2.75, 3.05) is 0 Å². The van der Waals surface area contributed by atoms with Gasteiger partial charge in [0.05, 0.1) is 0 Å². The lowest BCUT2D eigenvalue weighted by Gasteiger charge is -2.24. The fourth-order valence-corrected chi connectivity index (χ4v) is 2.39. The first-order valence-corrected chi connectivity index (χ1v) is 5.73. The molecule has 0 radical (unpaired) electrons. The molecule has 0 saturated heterocycles. The van der Waals surface area contributed by atoms with Crippen LogP contribution in [0.3, 0.4) is 0 Å². The minimum absolute atomic E-state index is 0.332. The summed E-state index contributed by atoms with van der Waals surface area (Å²) >= 11 is 0. The maximum Gasteiger partial charge on any atom is 0.156 e. The quantitative estimate of drug-likeness (QED) is 0.810. The minimum atomic E-state index is -0.974. The largest absolute Gasteiger partial charge is 0.482 e. The second kappa shape index (κ2) is 3.60. The van der Waals surface area contributed by atoms with E-state index >= 15 is 0 Å². The molecule has 2 aromatic rings. The molecule has 0 spiro atoms. The highest BCUT2D eigenvalue weighted by Gasteiger charge is 2.44. The Labute approximate surface area is 100 Å². The molecule has 2 atom stereocenters. The van der Waals surface area contributed by atoms with Crippen molar-refractivity contribution in [2.24, 2.45) is 0 Å². The summed E-state index contributed by atoms with van der Waals surface area (Å²) in [6, 6.07) is 17.5. The number of ether oxygens (including phenoxy) is 1. The van der Waals surface area contributed by atoms with Gasteiger partial charge in [-0.05, 0) is 18.6 Å². The number of benzene rings is 2. The van der Waals surface area contributed by atoms with Crippen LogP contribution >= 0.6 is 0 Å². The maximum absolute atomic E-state index is 10.6. The van der Waals surface area contributed by atoms with Gasteiger partial charge in [0.1, 0.15) is 11.4 Å². The Kier molecular flexibility index (Phi) is 2.20. The van der Waals surface area contributed by atoms with Crippen LogP contribution in [-0.4, -0.2) is 5.11 Å². The van der Waals surface area contributed by atoms with Gasteiger partial charge in [-0.3, -0.25) is 0 Å². The predicted octanol–water partition coefficient (Wildman–Crippen LogP) is 3.03. The molecule has 2 aromatic carbocycles. The van der Waals surface area contributed by atoms with E-state index in [9.17, 15) is 5.11 Å². The lowest BCUT2D eigenvalue weighted by atomic mass is 9.88. The number of fused-ring (bicyclic) bond motifs is 1. The highest BCUT2D eigenvalue weighted by atomic mass is 16.5. The van der Waals surface area contributed by atoms with E-state index in [4.69, 9.17) is 4.74 Å². The Hall–Kier alpha value is -1.80. The third-order valence-corrected chi connectivity index (χ3v) is 3.29. The summed E-state index contributed by atoms with van der Waals surface area (Å²) in [4.78, 5) is 0. The molecule has 1 aliphatic rings. The van der Waals surface area contributed by atoms with Gasteiger partial charge in [0.25, 0.3) is 0 Å². The smallest absolute Gasteiger partial charge is 0.156 e. The molecule has 1 N–H and O–H groups in total. The van der Waals surface area contributed by atoms with E-state index in [1.807, 2.05) is 54.6 Å². The monoisotopic (exact) mass is 226 g/mol. The zero-order valence-electron chi connectivity index (χ0n) is 9.63. The molecule has 0 fully saturated rings. The number of aliphatic hydroxyl groups is 1. The van der Waals surface area contributed by atoms with Crippen molar-refractivity contribution >= 4 is 0 Å². The molecule has 3 rings (SSSR count). The fourth-order valence-electron chi connectivity index (χ4n) is 2.39. The molecular formula is C15H14O2. The molecule has 0 unspecified atom stereocenters. The summed E-state index contributed by atoms with van der Waals surface area (Å²) in [7, 11) is 0. The fraction of sp³-hybridized carbons (Fsp3) is 0.200. The van der Waals surface area contributed by atoms with Crippen LogP contribution in [-0.2, 0) is 5.60 Å². The Morgan fingerprint density at radius 3 is 2.35 bits per heavy atom. The van der Waals surface area contributed by atoms with Crippen LogP contribution < -0.4 is 4.74 Å². The van der Waals surface area contributed by atoms with Crippen LogP contribution in [0, 0.1) is 0 Å². The van der Waals surface area contributed by atoms with Crippen molar-refractivity contribution in [1.82, 2.24) is 0 Å². The van der Waals surface area contributed by atoms with Crippen molar-refractivity contribution in [2.45, 2.75) is 18.6 Å². The third kappa shape index (κ3) is 1.53. The Morgan fingerprint density at radius 1 is 1.00 bits per heavy atom. The van der Waals surface area contributed by atoms with E-state index in [1.165, 1.54) is 0 Å². The minimum Gasteiger partial charge on any atom is -0.482 e. The van der Waals surface area contributed by atoms with Crippen molar-refractivity contribution in [3.63, 3.8) is 0 Å². The molecule has 0 saturated carbocycles. The van der Waals surface area contributed by atoms with Crippen LogP contribution in [0.4, 0.5) is 0 Å². The third-order valence-electron chi connectivity index (χ3n) is 3.29. The van der Waals surface area contributed by atoms with Crippen molar-refractivity contribution < 1.29 is 9.84 Å². The molecule has 0 aromatic heterocycles.